The molecule has 0 aliphatic heterocycles. The van der Waals surface area contributed by atoms with E-state index in [4.69, 9.17) is 5.73 Å². The molecule has 2 atom stereocenters. The van der Waals surface area contributed by atoms with Gasteiger partial charge in [-0.25, -0.2) is 0 Å². The van der Waals surface area contributed by atoms with Crippen LogP contribution >= 0.6 is 0 Å². The fraction of sp³-hybridized carbons (Fsp3) is 0.538. The summed E-state index contributed by atoms with van der Waals surface area (Å²) in [4.78, 5) is 0. The average molecular weight is 191 g/mol. The molecule has 0 heterocycles. The van der Waals surface area contributed by atoms with Gasteiger partial charge in [0.15, 0.2) is 0 Å². The van der Waals surface area contributed by atoms with Crippen LogP contribution in [-0.4, -0.2) is 6.04 Å². The van der Waals surface area contributed by atoms with Crippen LogP contribution < -0.4 is 5.73 Å². The molecule has 0 saturated carbocycles. The molecule has 0 aliphatic carbocycles. The number of nitrogens with two attached hydrogens (primary N) is 1. The maximum absolute atomic E-state index is 6.10. The lowest BCUT2D eigenvalue weighted by Crippen LogP contribution is -2.26. The van der Waals surface area contributed by atoms with Gasteiger partial charge >= 0.3 is 0 Å². The molecule has 14 heavy (non-hydrogen) atoms. The first-order valence-corrected chi connectivity index (χ1v) is 5.47. The van der Waals surface area contributed by atoms with E-state index >= 15 is 0 Å². The third kappa shape index (κ3) is 2.85. The summed E-state index contributed by atoms with van der Waals surface area (Å²) in [6.45, 7) is 6.51. The topological polar surface area (TPSA) is 26.0 Å². The van der Waals surface area contributed by atoms with E-state index in [2.05, 4.69) is 45.0 Å². The highest BCUT2D eigenvalue weighted by atomic mass is 14.6. The largest absolute Gasteiger partial charge is 0.327 e. The van der Waals surface area contributed by atoms with Gasteiger partial charge in [-0.1, -0.05) is 50.1 Å². The fourth-order valence-electron chi connectivity index (χ4n) is 1.70. The minimum Gasteiger partial charge on any atom is -0.327 e. The molecule has 1 nitrogen and oxygen atoms in total. The lowest BCUT2D eigenvalue weighted by Gasteiger charge is -2.19. The van der Waals surface area contributed by atoms with Gasteiger partial charge in [-0.2, -0.15) is 0 Å². The van der Waals surface area contributed by atoms with Crippen molar-refractivity contribution in [3.05, 3.63) is 35.4 Å². The van der Waals surface area contributed by atoms with Crippen LogP contribution in [0.15, 0.2) is 24.3 Å². The molecular weight excluding hydrogens is 170 g/mol. The van der Waals surface area contributed by atoms with Gasteiger partial charge in [0.25, 0.3) is 0 Å². The van der Waals surface area contributed by atoms with Crippen molar-refractivity contribution < 1.29 is 0 Å². The van der Waals surface area contributed by atoms with Crippen molar-refractivity contribution in [1.82, 2.24) is 0 Å². The first-order chi connectivity index (χ1) is 6.65. The summed E-state index contributed by atoms with van der Waals surface area (Å²) >= 11 is 0. The Kier molecular flexibility index (Phi) is 4.15. The van der Waals surface area contributed by atoms with Crippen LogP contribution in [0.25, 0.3) is 0 Å². The molecule has 0 aromatic heterocycles. The van der Waals surface area contributed by atoms with Crippen LogP contribution in [0.1, 0.15) is 43.7 Å². The predicted molar refractivity (Wildman–Crippen MR) is 62.5 cm³/mol. The molecule has 78 valence electrons. The van der Waals surface area contributed by atoms with Gasteiger partial charge in [0.05, 0.1) is 0 Å². The molecule has 1 heteroatoms. The Balaban J connectivity index is 2.68. The van der Waals surface area contributed by atoms with Crippen molar-refractivity contribution in [2.75, 3.05) is 0 Å². The molecule has 1 rings (SSSR count). The van der Waals surface area contributed by atoms with Crippen molar-refractivity contribution in [2.24, 2.45) is 5.73 Å². The highest BCUT2D eigenvalue weighted by Gasteiger charge is 2.13. The Labute approximate surface area is 87.3 Å². The monoisotopic (exact) mass is 191 g/mol. The van der Waals surface area contributed by atoms with Gasteiger partial charge in [-0.15, -0.1) is 0 Å². The molecule has 1 aromatic carbocycles. The summed E-state index contributed by atoms with van der Waals surface area (Å²) in [6, 6.07) is 8.99. The van der Waals surface area contributed by atoms with Crippen molar-refractivity contribution in [2.45, 2.75) is 45.6 Å². The van der Waals surface area contributed by atoms with Crippen molar-refractivity contribution in [1.29, 1.82) is 0 Å². The number of hydrogen-bond donors (Lipinski definition) is 1. The standard InChI is InChI=1S/C13H21N/c1-4-5-13(14)11(3)12-8-6-10(2)7-9-12/h6-9,11,13H,4-5,14H2,1-3H3. The highest BCUT2D eigenvalue weighted by molar-refractivity contribution is 5.25. The molecule has 2 unspecified atom stereocenters. The van der Waals surface area contributed by atoms with Crippen molar-refractivity contribution in [3.63, 3.8) is 0 Å². The zero-order valence-corrected chi connectivity index (χ0v) is 9.46. The van der Waals surface area contributed by atoms with Crippen molar-refractivity contribution >= 4 is 0 Å². The zero-order valence-electron chi connectivity index (χ0n) is 9.46. The van der Waals surface area contributed by atoms with Gasteiger partial charge < -0.3 is 5.73 Å². The first kappa shape index (κ1) is 11.3. The van der Waals surface area contributed by atoms with E-state index < -0.39 is 0 Å². The van der Waals surface area contributed by atoms with Gasteiger partial charge in [0, 0.05) is 6.04 Å². The van der Waals surface area contributed by atoms with E-state index in [0.717, 1.165) is 12.8 Å². The summed E-state index contributed by atoms with van der Waals surface area (Å²) in [6.07, 6.45) is 2.27. The number of benzene rings is 1. The third-order valence-corrected chi connectivity index (χ3v) is 2.87. The molecule has 0 saturated heterocycles. The van der Waals surface area contributed by atoms with E-state index in [9.17, 15) is 0 Å². The second kappa shape index (κ2) is 5.16. The average Bonchev–Trinajstić information content (AvgIpc) is 2.18. The van der Waals surface area contributed by atoms with Crippen LogP contribution in [0.5, 0.6) is 0 Å². The first-order valence-electron chi connectivity index (χ1n) is 5.47. The third-order valence-electron chi connectivity index (χ3n) is 2.87. The minimum atomic E-state index is 0.294. The van der Waals surface area contributed by atoms with E-state index in [0.29, 0.717) is 12.0 Å². The normalized spacial score (nSPS) is 15.1. The van der Waals surface area contributed by atoms with Crippen LogP contribution in [-0.2, 0) is 0 Å². The Morgan fingerprint density at radius 3 is 2.29 bits per heavy atom. The van der Waals surface area contributed by atoms with E-state index in [-0.39, 0.29) is 0 Å². The predicted octanol–water partition coefficient (Wildman–Crippen LogP) is 3.23. The Morgan fingerprint density at radius 1 is 1.21 bits per heavy atom. The summed E-state index contributed by atoms with van der Waals surface area (Å²) in [5.41, 5.74) is 8.77. The van der Waals surface area contributed by atoms with Gasteiger partial charge in [0.2, 0.25) is 0 Å². The van der Waals surface area contributed by atoms with Crippen LogP contribution in [0.4, 0.5) is 0 Å². The van der Waals surface area contributed by atoms with Gasteiger partial charge in [-0.3, -0.25) is 0 Å². The molecule has 0 amide bonds. The lowest BCUT2D eigenvalue weighted by atomic mass is 9.91. The molecule has 0 bridgehead atoms. The Morgan fingerprint density at radius 2 is 1.79 bits per heavy atom. The maximum atomic E-state index is 6.10. The Hall–Kier alpha value is -0.820. The summed E-state index contributed by atoms with van der Waals surface area (Å²) in [5.74, 6) is 0.468. The minimum absolute atomic E-state index is 0.294. The number of rotatable bonds is 4. The second-order valence-electron chi connectivity index (χ2n) is 4.15. The van der Waals surface area contributed by atoms with E-state index in [1.54, 1.807) is 0 Å². The number of hydrogen-bond acceptors (Lipinski definition) is 1. The molecule has 0 aliphatic rings. The number of aryl methyl sites for hydroxylation is 1. The molecule has 0 fully saturated rings. The Bertz CT molecular complexity index is 263. The van der Waals surface area contributed by atoms with Gasteiger partial charge in [-0.05, 0) is 24.8 Å². The molecule has 0 radical (unpaired) electrons. The zero-order chi connectivity index (χ0) is 10.6. The molecule has 1 aromatic rings. The SMILES string of the molecule is CCCC(N)C(C)c1ccc(C)cc1. The molecule has 0 spiro atoms. The molecular formula is C13H21N. The highest BCUT2D eigenvalue weighted by Crippen LogP contribution is 2.20. The lowest BCUT2D eigenvalue weighted by molar-refractivity contribution is 0.522. The van der Waals surface area contributed by atoms with E-state index in [1.807, 2.05) is 0 Å². The van der Waals surface area contributed by atoms with Crippen LogP contribution in [0, 0.1) is 6.92 Å². The maximum Gasteiger partial charge on any atom is 0.0105 e. The van der Waals surface area contributed by atoms with Crippen LogP contribution in [0.2, 0.25) is 0 Å². The van der Waals surface area contributed by atoms with E-state index in [1.165, 1.54) is 11.1 Å². The fourth-order valence-corrected chi connectivity index (χ4v) is 1.70. The summed E-state index contributed by atoms with van der Waals surface area (Å²) in [5, 5.41) is 0. The molecule has 2 N–H and O–H groups in total. The summed E-state index contributed by atoms with van der Waals surface area (Å²) < 4.78 is 0. The summed E-state index contributed by atoms with van der Waals surface area (Å²) in [7, 11) is 0. The van der Waals surface area contributed by atoms with Crippen LogP contribution in [0.3, 0.4) is 0 Å². The van der Waals surface area contributed by atoms with Gasteiger partial charge in [0.1, 0.15) is 0 Å². The smallest absolute Gasteiger partial charge is 0.0105 e. The second-order valence-corrected chi connectivity index (χ2v) is 4.15. The quantitative estimate of drug-likeness (QED) is 0.777. The van der Waals surface area contributed by atoms with Crippen molar-refractivity contribution in [3.8, 4) is 0 Å².